The van der Waals surface area contributed by atoms with Gasteiger partial charge in [-0.3, -0.25) is 10.6 Å². The van der Waals surface area contributed by atoms with Crippen LogP contribution in [0.3, 0.4) is 0 Å². The second kappa shape index (κ2) is 6.11. The zero-order valence-electron chi connectivity index (χ0n) is 9.97. The summed E-state index contributed by atoms with van der Waals surface area (Å²) in [5.41, 5.74) is 1.60. The largest absolute Gasteiger partial charge is 0.468 e. The minimum atomic E-state index is -4.45. The van der Waals surface area contributed by atoms with Crippen molar-refractivity contribution in [3.63, 3.8) is 0 Å². The molecule has 0 saturated carbocycles. The van der Waals surface area contributed by atoms with Crippen LogP contribution in [0.4, 0.5) is 18.9 Å². The van der Waals surface area contributed by atoms with Crippen LogP contribution in [0.25, 0.3) is 0 Å². The molecule has 0 aromatic heterocycles. The molecule has 0 bridgehead atoms. The lowest BCUT2D eigenvalue weighted by Crippen LogP contribution is -2.11. The monoisotopic (exact) mass is 272 g/mol. The van der Waals surface area contributed by atoms with Gasteiger partial charge in [-0.05, 0) is 18.2 Å². The van der Waals surface area contributed by atoms with Gasteiger partial charge in [0, 0.05) is 5.56 Å². The Morgan fingerprint density at radius 1 is 1.47 bits per heavy atom. The van der Waals surface area contributed by atoms with E-state index in [1.54, 1.807) is 0 Å². The van der Waals surface area contributed by atoms with E-state index in [-0.39, 0.29) is 17.7 Å². The van der Waals surface area contributed by atoms with Crippen molar-refractivity contribution in [2.24, 2.45) is 5.84 Å². The third-order valence-corrected chi connectivity index (χ3v) is 2.19. The zero-order chi connectivity index (χ0) is 14.5. The number of hydrogen-bond donors (Lipinski definition) is 2. The Hall–Kier alpha value is -2.20. The van der Waals surface area contributed by atoms with Crippen LogP contribution < -0.4 is 11.3 Å². The molecule has 19 heavy (non-hydrogen) atoms. The van der Waals surface area contributed by atoms with Crippen LogP contribution in [0.15, 0.2) is 18.2 Å². The molecule has 0 fully saturated rings. The first-order valence-electron chi connectivity index (χ1n) is 5.12. The van der Waals surface area contributed by atoms with Gasteiger partial charge in [0.05, 0.1) is 18.4 Å². The summed E-state index contributed by atoms with van der Waals surface area (Å²) in [7, 11) is 1.22. The van der Waals surface area contributed by atoms with Crippen molar-refractivity contribution in [1.82, 2.24) is 0 Å². The van der Waals surface area contributed by atoms with Crippen LogP contribution in [0.2, 0.25) is 0 Å². The third-order valence-electron chi connectivity index (χ3n) is 2.19. The van der Waals surface area contributed by atoms with Crippen LogP contribution in [-0.2, 0) is 15.7 Å². The maximum atomic E-state index is 12.5. The molecule has 0 unspecified atom stereocenters. The summed E-state index contributed by atoms with van der Waals surface area (Å²) in [4.78, 5) is 10.8. The predicted molar refractivity (Wildman–Crippen MR) is 62.8 cm³/mol. The van der Waals surface area contributed by atoms with Gasteiger partial charge in [0.2, 0.25) is 0 Å². The first-order chi connectivity index (χ1) is 8.88. The van der Waals surface area contributed by atoms with E-state index < -0.39 is 17.7 Å². The Bertz CT molecular complexity index is 530. The van der Waals surface area contributed by atoms with Crippen LogP contribution >= 0.6 is 0 Å². The van der Waals surface area contributed by atoms with E-state index in [4.69, 9.17) is 5.84 Å². The first kappa shape index (κ1) is 14.9. The summed E-state index contributed by atoms with van der Waals surface area (Å²) >= 11 is 0. The van der Waals surface area contributed by atoms with Gasteiger partial charge in [-0.1, -0.05) is 11.8 Å². The smallest absolute Gasteiger partial charge is 0.416 e. The number of nitrogen functional groups attached to an aromatic ring is 1. The second-order valence-electron chi connectivity index (χ2n) is 3.46. The van der Waals surface area contributed by atoms with Crippen molar-refractivity contribution in [2.45, 2.75) is 12.6 Å². The summed E-state index contributed by atoms with van der Waals surface area (Å²) in [6, 6.07) is 2.92. The Kier molecular flexibility index (Phi) is 4.78. The number of alkyl halides is 3. The highest BCUT2D eigenvalue weighted by molar-refractivity contribution is 5.72. The lowest BCUT2D eigenvalue weighted by molar-refractivity contribution is -0.139. The van der Waals surface area contributed by atoms with Gasteiger partial charge in [-0.25, -0.2) is 0 Å². The van der Waals surface area contributed by atoms with Crippen LogP contribution in [0, 0.1) is 11.8 Å². The molecular formula is C12H11F3N2O2. The normalized spacial score (nSPS) is 10.4. The molecule has 0 radical (unpaired) electrons. The van der Waals surface area contributed by atoms with Gasteiger partial charge < -0.3 is 10.2 Å². The summed E-state index contributed by atoms with van der Waals surface area (Å²) in [6.07, 6.45) is -4.61. The molecule has 0 aliphatic carbocycles. The highest BCUT2D eigenvalue weighted by Crippen LogP contribution is 2.31. The average molecular weight is 272 g/mol. The van der Waals surface area contributed by atoms with Crippen molar-refractivity contribution in [2.75, 3.05) is 12.5 Å². The molecule has 1 aromatic rings. The first-order valence-corrected chi connectivity index (χ1v) is 5.12. The highest BCUT2D eigenvalue weighted by Gasteiger charge is 2.30. The van der Waals surface area contributed by atoms with Gasteiger partial charge in [-0.2, -0.15) is 13.2 Å². The van der Waals surface area contributed by atoms with E-state index in [2.05, 4.69) is 22.0 Å². The van der Waals surface area contributed by atoms with Gasteiger partial charge in [0.1, 0.15) is 6.42 Å². The maximum Gasteiger partial charge on any atom is 0.416 e. The minimum Gasteiger partial charge on any atom is -0.468 e. The van der Waals surface area contributed by atoms with E-state index in [0.717, 1.165) is 12.1 Å². The molecule has 0 spiro atoms. The molecule has 0 aliphatic heterocycles. The van der Waals surface area contributed by atoms with Gasteiger partial charge in [0.15, 0.2) is 0 Å². The number of halogens is 3. The molecule has 7 heteroatoms. The summed E-state index contributed by atoms with van der Waals surface area (Å²) < 4.78 is 41.8. The fourth-order valence-corrected chi connectivity index (χ4v) is 1.23. The fraction of sp³-hybridized carbons (Fsp3) is 0.250. The standard InChI is InChI=1S/C12H11F3N2O2/c1-19-11(18)4-2-3-8-5-6-9(12(13,14)15)7-10(8)17-16/h5-7,17H,4,16H2,1H3. The number of carbonyl (C=O) groups excluding carboxylic acids is 1. The molecule has 0 saturated heterocycles. The fourth-order valence-electron chi connectivity index (χ4n) is 1.23. The molecule has 102 valence electrons. The molecule has 1 aromatic carbocycles. The lowest BCUT2D eigenvalue weighted by atomic mass is 10.1. The number of nitrogens with one attached hydrogen (secondary N) is 1. The van der Waals surface area contributed by atoms with Crippen LogP contribution in [0.1, 0.15) is 17.5 Å². The average Bonchev–Trinajstić information content (AvgIpc) is 2.37. The Morgan fingerprint density at radius 3 is 2.68 bits per heavy atom. The molecule has 1 rings (SSSR count). The molecule has 0 amide bonds. The summed E-state index contributed by atoms with van der Waals surface area (Å²) in [6.45, 7) is 0. The van der Waals surface area contributed by atoms with Crippen molar-refractivity contribution >= 4 is 11.7 Å². The van der Waals surface area contributed by atoms with Gasteiger partial charge in [0.25, 0.3) is 0 Å². The quantitative estimate of drug-likeness (QED) is 0.373. The number of hydrogen-bond acceptors (Lipinski definition) is 4. The molecule has 0 heterocycles. The highest BCUT2D eigenvalue weighted by atomic mass is 19.4. The summed E-state index contributed by atoms with van der Waals surface area (Å²) in [5, 5.41) is 0. The molecular weight excluding hydrogens is 261 g/mol. The van der Waals surface area contributed by atoms with Crippen molar-refractivity contribution in [1.29, 1.82) is 0 Å². The third kappa shape index (κ3) is 4.19. The number of nitrogens with two attached hydrogens (primary N) is 1. The summed E-state index contributed by atoms with van der Waals surface area (Å²) in [5.74, 6) is 9.65. The number of methoxy groups -OCH3 is 1. The number of benzene rings is 1. The van der Waals surface area contributed by atoms with Gasteiger partial charge in [-0.15, -0.1) is 0 Å². The number of rotatable bonds is 2. The second-order valence-corrected chi connectivity index (χ2v) is 3.46. The van der Waals surface area contributed by atoms with Crippen molar-refractivity contribution in [3.05, 3.63) is 29.3 Å². The topological polar surface area (TPSA) is 64.3 Å². The van der Waals surface area contributed by atoms with E-state index >= 15 is 0 Å². The molecule has 3 N–H and O–H groups in total. The van der Waals surface area contributed by atoms with Gasteiger partial charge >= 0.3 is 12.1 Å². The van der Waals surface area contributed by atoms with E-state index in [1.807, 2.05) is 0 Å². The SMILES string of the molecule is COC(=O)CC#Cc1ccc(C(F)(F)F)cc1NN. The van der Waals surface area contributed by atoms with E-state index in [1.165, 1.54) is 13.2 Å². The Labute approximate surface area is 107 Å². The lowest BCUT2D eigenvalue weighted by Gasteiger charge is -2.10. The van der Waals surface area contributed by atoms with Crippen LogP contribution in [-0.4, -0.2) is 13.1 Å². The minimum absolute atomic E-state index is 0.0344. The number of anilines is 1. The van der Waals surface area contributed by atoms with E-state index in [9.17, 15) is 18.0 Å². The number of hydrazine groups is 1. The van der Waals surface area contributed by atoms with Crippen molar-refractivity contribution in [3.8, 4) is 11.8 Å². The number of carbonyl (C=O) groups is 1. The Morgan fingerprint density at radius 2 is 2.16 bits per heavy atom. The zero-order valence-corrected chi connectivity index (χ0v) is 9.97. The molecule has 4 nitrogen and oxygen atoms in total. The van der Waals surface area contributed by atoms with Crippen LogP contribution in [0.5, 0.6) is 0 Å². The number of esters is 1. The molecule has 0 aliphatic rings. The maximum absolute atomic E-state index is 12.5. The Balaban J connectivity index is 3.00. The van der Waals surface area contributed by atoms with E-state index in [0.29, 0.717) is 0 Å². The molecule has 0 atom stereocenters. The predicted octanol–water partition coefficient (Wildman–Crippen LogP) is 1.91. The number of ether oxygens (including phenoxy) is 1. The van der Waals surface area contributed by atoms with Crippen molar-refractivity contribution < 1.29 is 22.7 Å².